The molecule has 0 spiro atoms. The van der Waals surface area contributed by atoms with E-state index in [2.05, 4.69) is 17.6 Å². The molecule has 1 aromatic rings. The van der Waals surface area contributed by atoms with E-state index in [1.54, 1.807) is 6.92 Å². The Balaban J connectivity index is 2.42. The molecule has 30 heavy (non-hydrogen) atoms. The number of hydrogen-bond donors (Lipinski definition) is 2. The van der Waals surface area contributed by atoms with Crippen LogP contribution in [-0.4, -0.2) is 31.8 Å². The van der Waals surface area contributed by atoms with Gasteiger partial charge in [-0.1, -0.05) is 39.7 Å². The third-order valence-electron chi connectivity index (χ3n) is 4.78. The van der Waals surface area contributed by atoms with Crippen molar-refractivity contribution in [2.45, 2.75) is 59.9 Å². The highest BCUT2D eigenvalue weighted by Crippen LogP contribution is 2.36. The lowest BCUT2D eigenvalue weighted by atomic mass is 9.91. The van der Waals surface area contributed by atoms with E-state index < -0.39 is 12.0 Å². The van der Waals surface area contributed by atoms with Crippen molar-refractivity contribution in [1.29, 1.82) is 0 Å². The average Bonchev–Trinajstić information content (AvgIpc) is 2.71. The van der Waals surface area contributed by atoms with E-state index in [1.165, 1.54) is 0 Å². The summed E-state index contributed by atoms with van der Waals surface area (Å²) in [6.07, 6.45) is 3.20. The highest BCUT2D eigenvalue weighted by atomic mass is 16.5. The van der Waals surface area contributed by atoms with Gasteiger partial charge in [0, 0.05) is 5.70 Å². The number of urea groups is 1. The summed E-state index contributed by atoms with van der Waals surface area (Å²) < 4.78 is 17.0. The fourth-order valence-corrected chi connectivity index (χ4v) is 3.35. The highest BCUT2D eigenvalue weighted by Gasteiger charge is 2.35. The van der Waals surface area contributed by atoms with Crippen LogP contribution in [0.1, 0.15) is 65.5 Å². The van der Waals surface area contributed by atoms with Gasteiger partial charge in [0.1, 0.15) is 0 Å². The number of benzene rings is 1. The number of rotatable bonds is 11. The molecule has 2 N–H and O–H groups in total. The van der Waals surface area contributed by atoms with Gasteiger partial charge in [-0.15, -0.1) is 0 Å². The van der Waals surface area contributed by atoms with Gasteiger partial charge in [-0.05, 0) is 43.9 Å². The zero-order valence-corrected chi connectivity index (χ0v) is 18.7. The fourth-order valence-electron chi connectivity index (χ4n) is 3.35. The molecule has 1 atom stereocenters. The second-order valence-corrected chi connectivity index (χ2v) is 7.43. The Labute approximate surface area is 179 Å². The Morgan fingerprint density at radius 2 is 1.83 bits per heavy atom. The number of carbonyl (C=O) groups excluding carboxylic acids is 2. The lowest BCUT2D eigenvalue weighted by Crippen LogP contribution is -2.47. The van der Waals surface area contributed by atoms with Crippen LogP contribution in [0.5, 0.6) is 11.5 Å². The fraction of sp³-hybridized carbons (Fsp3) is 0.565. The minimum Gasteiger partial charge on any atom is -0.490 e. The van der Waals surface area contributed by atoms with Crippen LogP contribution in [0, 0.1) is 5.92 Å². The van der Waals surface area contributed by atoms with Gasteiger partial charge in [0.05, 0.1) is 31.4 Å². The minimum atomic E-state index is -0.636. The quantitative estimate of drug-likeness (QED) is 0.409. The van der Waals surface area contributed by atoms with Crippen LogP contribution in [0.4, 0.5) is 4.79 Å². The second-order valence-electron chi connectivity index (χ2n) is 7.43. The molecule has 1 aliphatic rings. The topological polar surface area (TPSA) is 85.9 Å². The van der Waals surface area contributed by atoms with Crippen molar-refractivity contribution in [3.63, 3.8) is 0 Å². The molecule has 2 rings (SSSR count). The lowest BCUT2D eigenvalue weighted by molar-refractivity contribution is -0.139. The molecule has 1 unspecified atom stereocenters. The van der Waals surface area contributed by atoms with Crippen molar-refractivity contribution >= 4 is 12.0 Å². The van der Waals surface area contributed by atoms with E-state index in [0.29, 0.717) is 36.0 Å². The van der Waals surface area contributed by atoms with Gasteiger partial charge in [-0.3, -0.25) is 0 Å². The number of unbranched alkanes of at least 4 members (excludes halogenated alkanes) is 2. The summed E-state index contributed by atoms with van der Waals surface area (Å²) in [5, 5.41) is 5.62. The third-order valence-corrected chi connectivity index (χ3v) is 4.78. The molecule has 0 saturated carbocycles. The van der Waals surface area contributed by atoms with Crippen LogP contribution in [-0.2, 0) is 9.53 Å². The van der Waals surface area contributed by atoms with E-state index >= 15 is 0 Å². The van der Waals surface area contributed by atoms with E-state index in [4.69, 9.17) is 14.2 Å². The van der Waals surface area contributed by atoms with Gasteiger partial charge >= 0.3 is 12.0 Å². The molecule has 7 heteroatoms. The summed E-state index contributed by atoms with van der Waals surface area (Å²) in [7, 11) is 0. The van der Waals surface area contributed by atoms with Gasteiger partial charge in [-0.2, -0.15) is 0 Å². The Morgan fingerprint density at radius 3 is 2.47 bits per heavy atom. The average molecular weight is 419 g/mol. The number of nitrogens with one attached hydrogen (secondary N) is 2. The summed E-state index contributed by atoms with van der Waals surface area (Å²) in [5.74, 6) is 0.748. The molecule has 1 aliphatic heterocycles. The van der Waals surface area contributed by atoms with Gasteiger partial charge < -0.3 is 24.8 Å². The zero-order valence-electron chi connectivity index (χ0n) is 18.7. The van der Waals surface area contributed by atoms with Crippen molar-refractivity contribution in [3.8, 4) is 11.5 Å². The SMILES string of the molecule is CCCCCOc1ccc(C2NC(=O)NC(C(C)C)=C2C(=O)OCC)cc1OCC. The Hall–Kier alpha value is -2.70. The zero-order chi connectivity index (χ0) is 22.1. The lowest BCUT2D eigenvalue weighted by Gasteiger charge is -2.31. The number of carbonyl (C=O) groups is 2. The first-order chi connectivity index (χ1) is 14.4. The first-order valence-corrected chi connectivity index (χ1v) is 10.8. The molecule has 0 aliphatic carbocycles. The second kappa shape index (κ2) is 11.5. The van der Waals surface area contributed by atoms with Crippen molar-refractivity contribution in [2.24, 2.45) is 5.92 Å². The van der Waals surface area contributed by atoms with Crippen LogP contribution in [0.3, 0.4) is 0 Å². The number of ether oxygens (including phenoxy) is 3. The van der Waals surface area contributed by atoms with Crippen molar-refractivity contribution < 1.29 is 23.8 Å². The van der Waals surface area contributed by atoms with Gasteiger partial charge in [0.15, 0.2) is 11.5 Å². The van der Waals surface area contributed by atoms with Gasteiger partial charge in [0.2, 0.25) is 0 Å². The molecular formula is C23H34N2O5. The normalized spacial score (nSPS) is 16.2. The van der Waals surface area contributed by atoms with Gasteiger partial charge in [-0.25, -0.2) is 9.59 Å². The minimum absolute atomic E-state index is 0.0505. The standard InChI is InChI=1S/C23H34N2O5/c1-6-9-10-13-30-17-12-11-16(14-18(17)28-7-2)21-19(22(26)29-8-3)20(15(4)5)24-23(27)25-21/h11-12,14-15,21H,6-10,13H2,1-5H3,(H2,24,25,27). The Morgan fingerprint density at radius 1 is 1.07 bits per heavy atom. The summed E-state index contributed by atoms with van der Waals surface area (Å²) >= 11 is 0. The maximum Gasteiger partial charge on any atom is 0.338 e. The molecule has 7 nitrogen and oxygen atoms in total. The molecule has 0 bridgehead atoms. The number of amides is 2. The van der Waals surface area contributed by atoms with E-state index in [9.17, 15) is 9.59 Å². The molecule has 0 radical (unpaired) electrons. The van der Waals surface area contributed by atoms with E-state index in [0.717, 1.165) is 24.8 Å². The molecule has 0 saturated heterocycles. The van der Waals surface area contributed by atoms with Crippen LogP contribution in [0.2, 0.25) is 0 Å². The van der Waals surface area contributed by atoms with Crippen LogP contribution < -0.4 is 20.1 Å². The summed E-state index contributed by atoms with van der Waals surface area (Å²) in [5.41, 5.74) is 1.71. The monoisotopic (exact) mass is 418 g/mol. The molecule has 2 amide bonds. The van der Waals surface area contributed by atoms with Gasteiger partial charge in [0.25, 0.3) is 0 Å². The molecular weight excluding hydrogens is 384 g/mol. The van der Waals surface area contributed by atoms with Crippen LogP contribution in [0.15, 0.2) is 29.5 Å². The smallest absolute Gasteiger partial charge is 0.338 e. The predicted octanol–water partition coefficient (Wildman–Crippen LogP) is 4.48. The molecule has 1 aromatic carbocycles. The first-order valence-electron chi connectivity index (χ1n) is 10.8. The third kappa shape index (κ3) is 5.90. The van der Waals surface area contributed by atoms with E-state index in [-0.39, 0.29) is 18.6 Å². The Kier molecular flexibility index (Phi) is 9.02. The predicted molar refractivity (Wildman–Crippen MR) is 116 cm³/mol. The first kappa shape index (κ1) is 23.6. The number of hydrogen-bond acceptors (Lipinski definition) is 5. The van der Waals surface area contributed by atoms with Crippen LogP contribution >= 0.6 is 0 Å². The summed E-state index contributed by atoms with van der Waals surface area (Å²) in [4.78, 5) is 25.1. The van der Waals surface area contributed by atoms with Crippen LogP contribution in [0.25, 0.3) is 0 Å². The maximum absolute atomic E-state index is 12.8. The van der Waals surface area contributed by atoms with Crippen molar-refractivity contribution in [3.05, 3.63) is 35.0 Å². The molecule has 1 heterocycles. The van der Waals surface area contributed by atoms with E-state index in [1.807, 2.05) is 39.0 Å². The Bertz CT molecular complexity index is 773. The molecule has 166 valence electrons. The largest absolute Gasteiger partial charge is 0.490 e. The highest BCUT2D eigenvalue weighted by molar-refractivity contribution is 5.95. The number of esters is 1. The summed E-state index contributed by atoms with van der Waals surface area (Å²) in [6, 6.07) is 4.52. The maximum atomic E-state index is 12.8. The van der Waals surface area contributed by atoms with Crippen molar-refractivity contribution in [1.82, 2.24) is 10.6 Å². The van der Waals surface area contributed by atoms with Crippen molar-refractivity contribution in [2.75, 3.05) is 19.8 Å². The molecule has 0 aromatic heterocycles. The molecule has 0 fully saturated rings. The summed E-state index contributed by atoms with van der Waals surface area (Å²) in [6.45, 7) is 11.0. The number of allylic oxidation sites excluding steroid dienone is 1.